The van der Waals surface area contributed by atoms with Crippen LogP contribution in [0.25, 0.3) is 0 Å². The molecule has 2 nitrogen and oxygen atoms in total. The lowest BCUT2D eigenvalue weighted by Crippen LogP contribution is -1.92. The van der Waals surface area contributed by atoms with Crippen molar-refractivity contribution in [1.29, 1.82) is 0 Å². The molecule has 1 unspecified atom stereocenters. The van der Waals surface area contributed by atoms with E-state index in [1.165, 1.54) is 6.26 Å². The third kappa shape index (κ3) is 1.16. The van der Waals surface area contributed by atoms with Crippen LogP contribution in [0.3, 0.4) is 0 Å². The van der Waals surface area contributed by atoms with Crippen molar-refractivity contribution >= 4 is 6.29 Å². The molecule has 1 atom stereocenters. The minimum atomic E-state index is -0.296. The molecule has 0 fully saturated rings. The van der Waals surface area contributed by atoms with E-state index in [0.717, 1.165) is 6.29 Å². The first kappa shape index (κ1) is 6.81. The maximum absolute atomic E-state index is 10.3. The highest BCUT2D eigenvalue weighted by molar-refractivity contribution is 5.63. The molecule has 0 saturated carbocycles. The highest BCUT2D eigenvalue weighted by atomic mass is 16.3. The standard InChI is InChI=1S/C8H8O2/c1-2-7(6-9)8-4-3-5-10-8/h2-7H,1H2. The molecule has 1 rings (SSSR count). The van der Waals surface area contributed by atoms with Crippen molar-refractivity contribution in [2.45, 2.75) is 5.92 Å². The second-order valence-corrected chi connectivity index (χ2v) is 1.91. The molecule has 0 aliphatic carbocycles. The number of aldehydes is 1. The summed E-state index contributed by atoms with van der Waals surface area (Å²) in [6.45, 7) is 3.50. The molecule has 1 heterocycles. The summed E-state index contributed by atoms with van der Waals surface area (Å²) >= 11 is 0. The third-order valence-corrected chi connectivity index (χ3v) is 1.27. The van der Waals surface area contributed by atoms with E-state index in [2.05, 4.69) is 6.58 Å². The Kier molecular flexibility index (Phi) is 2.05. The summed E-state index contributed by atoms with van der Waals surface area (Å²) in [5, 5.41) is 0. The molecule has 1 aromatic rings. The zero-order chi connectivity index (χ0) is 7.40. The normalized spacial score (nSPS) is 12.4. The molecule has 0 aliphatic heterocycles. The van der Waals surface area contributed by atoms with E-state index in [0.29, 0.717) is 5.76 Å². The van der Waals surface area contributed by atoms with Gasteiger partial charge in [0, 0.05) is 0 Å². The highest BCUT2D eigenvalue weighted by Crippen LogP contribution is 2.13. The molecule has 0 spiro atoms. The Balaban J connectivity index is 2.82. The highest BCUT2D eigenvalue weighted by Gasteiger charge is 2.06. The van der Waals surface area contributed by atoms with Crippen molar-refractivity contribution in [2.24, 2.45) is 0 Å². The van der Waals surface area contributed by atoms with Gasteiger partial charge in [0.25, 0.3) is 0 Å². The van der Waals surface area contributed by atoms with Gasteiger partial charge in [-0.3, -0.25) is 0 Å². The fourth-order valence-electron chi connectivity index (χ4n) is 0.720. The Hall–Kier alpha value is -1.31. The van der Waals surface area contributed by atoms with Crippen LogP contribution < -0.4 is 0 Å². The molecule has 0 aliphatic rings. The Morgan fingerprint density at radius 3 is 2.90 bits per heavy atom. The Bertz CT molecular complexity index is 203. The van der Waals surface area contributed by atoms with Gasteiger partial charge in [0.05, 0.1) is 12.2 Å². The smallest absolute Gasteiger partial charge is 0.134 e. The lowest BCUT2D eigenvalue weighted by atomic mass is 10.1. The van der Waals surface area contributed by atoms with Gasteiger partial charge >= 0.3 is 0 Å². The van der Waals surface area contributed by atoms with E-state index in [9.17, 15) is 4.79 Å². The van der Waals surface area contributed by atoms with E-state index in [4.69, 9.17) is 4.42 Å². The summed E-state index contributed by atoms with van der Waals surface area (Å²) in [5.74, 6) is 0.347. The average Bonchev–Trinajstić information content (AvgIpc) is 2.43. The summed E-state index contributed by atoms with van der Waals surface area (Å²) in [5.41, 5.74) is 0. The molecular formula is C8H8O2. The van der Waals surface area contributed by atoms with Crippen LogP contribution in [0, 0.1) is 0 Å². The maximum atomic E-state index is 10.3. The molecule has 0 N–H and O–H groups in total. The maximum Gasteiger partial charge on any atom is 0.134 e. The molecule has 0 radical (unpaired) electrons. The number of allylic oxidation sites excluding steroid dienone is 1. The summed E-state index contributed by atoms with van der Waals surface area (Å²) in [7, 11) is 0. The van der Waals surface area contributed by atoms with Crippen LogP contribution in [0.4, 0.5) is 0 Å². The monoisotopic (exact) mass is 136 g/mol. The van der Waals surface area contributed by atoms with Gasteiger partial charge < -0.3 is 9.21 Å². The van der Waals surface area contributed by atoms with Gasteiger partial charge in [-0.2, -0.15) is 0 Å². The third-order valence-electron chi connectivity index (χ3n) is 1.27. The minimum absolute atomic E-state index is 0.296. The van der Waals surface area contributed by atoms with Crippen LogP contribution in [0.5, 0.6) is 0 Å². The van der Waals surface area contributed by atoms with Crippen molar-refractivity contribution in [3.63, 3.8) is 0 Å². The molecule has 10 heavy (non-hydrogen) atoms. The topological polar surface area (TPSA) is 30.2 Å². The van der Waals surface area contributed by atoms with Gasteiger partial charge in [-0.05, 0) is 12.1 Å². The second kappa shape index (κ2) is 3.01. The zero-order valence-corrected chi connectivity index (χ0v) is 5.49. The van der Waals surface area contributed by atoms with Gasteiger partial charge in [-0.15, -0.1) is 6.58 Å². The average molecular weight is 136 g/mol. The summed E-state index contributed by atoms with van der Waals surface area (Å²) in [6, 6.07) is 3.50. The first-order valence-corrected chi connectivity index (χ1v) is 2.99. The van der Waals surface area contributed by atoms with Crippen LogP contribution in [0.1, 0.15) is 11.7 Å². The van der Waals surface area contributed by atoms with E-state index < -0.39 is 0 Å². The number of carbonyl (C=O) groups is 1. The zero-order valence-electron chi connectivity index (χ0n) is 5.49. The van der Waals surface area contributed by atoms with Gasteiger partial charge in [0.2, 0.25) is 0 Å². The van der Waals surface area contributed by atoms with Crippen LogP contribution in [-0.4, -0.2) is 6.29 Å². The predicted octanol–water partition coefficient (Wildman–Crippen LogP) is 1.75. The van der Waals surface area contributed by atoms with Gasteiger partial charge in [-0.25, -0.2) is 0 Å². The Morgan fingerprint density at radius 1 is 1.70 bits per heavy atom. The van der Waals surface area contributed by atoms with Gasteiger partial charge in [-0.1, -0.05) is 6.08 Å². The Labute approximate surface area is 59.2 Å². The number of hydrogen-bond acceptors (Lipinski definition) is 2. The summed E-state index contributed by atoms with van der Waals surface area (Å²) in [6.07, 6.45) is 3.88. The van der Waals surface area contributed by atoms with Crippen molar-refractivity contribution in [1.82, 2.24) is 0 Å². The number of carbonyl (C=O) groups excluding carboxylic acids is 1. The van der Waals surface area contributed by atoms with E-state index in [-0.39, 0.29) is 5.92 Å². The molecule has 1 aromatic heterocycles. The molecule has 0 saturated heterocycles. The first-order chi connectivity index (χ1) is 4.88. The molecular weight excluding hydrogens is 128 g/mol. The largest absolute Gasteiger partial charge is 0.468 e. The van der Waals surface area contributed by atoms with E-state index in [1.54, 1.807) is 18.2 Å². The van der Waals surface area contributed by atoms with E-state index in [1.807, 2.05) is 0 Å². The fourth-order valence-corrected chi connectivity index (χ4v) is 0.720. The van der Waals surface area contributed by atoms with Crippen molar-refractivity contribution in [2.75, 3.05) is 0 Å². The fraction of sp³-hybridized carbons (Fsp3) is 0.125. The number of hydrogen-bond donors (Lipinski definition) is 0. The van der Waals surface area contributed by atoms with Crippen molar-refractivity contribution < 1.29 is 9.21 Å². The van der Waals surface area contributed by atoms with E-state index >= 15 is 0 Å². The Morgan fingerprint density at radius 2 is 2.50 bits per heavy atom. The minimum Gasteiger partial charge on any atom is -0.468 e. The van der Waals surface area contributed by atoms with Crippen molar-refractivity contribution in [3.05, 3.63) is 36.8 Å². The number of furan rings is 1. The summed E-state index contributed by atoms with van der Waals surface area (Å²) in [4.78, 5) is 10.3. The van der Waals surface area contributed by atoms with Gasteiger partial charge in [0.1, 0.15) is 12.0 Å². The quantitative estimate of drug-likeness (QED) is 0.468. The molecule has 0 aromatic carbocycles. The lowest BCUT2D eigenvalue weighted by Gasteiger charge is -1.96. The predicted molar refractivity (Wildman–Crippen MR) is 37.7 cm³/mol. The van der Waals surface area contributed by atoms with Crippen LogP contribution >= 0.6 is 0 Å². The van der Waals surface area contributed by atoms with Crippen molar-refractivity contribution in [3.8, 4) is 0 Å². The molecule has 52 valence electrons. The van der Waals surface area contributed by atoms with Crippen LogP contribution in [-0.2, 0) is 4.79 Å². The SMILES string of the molecule is C=CC(C=O)c1ccco1. The first-order valence-electron chi connectivity index (χ1n) is 2.99. The molecule has 2 heteroatoms. The molecule has 0 amide bonds. The van der Waals surface area contributed by atoms with Crippen LogP contribution in [0.2, 0.25) is 0 Å². The summed E-state index contributed by atoms with van der Waals surface area (Å²) < 4.78 is 4.97. The van der Waals surface area contributed by atoms with Crippen LogP contribution in [0.15, 0.2) is 35.5 Å². The lowest BCUT2D eigenvalue weighted by molar-refractivity contribution is -0.108. The second-order valence-electron chi connectivity index (χ2n) is 1.91. The number of rotatable bonds is 3. The molecule has 0 bridgehead atoms. The van der Waals surface area contributed by atoms with Gasteiger partial charge in [0.15, 0.2) is 0 Å².